The number of nitrogens with one attached hydrogen (secondary N) is 2. The minimum atomic E-state index is -3.45. The topological polar surface area (TPSA) is 105 Å². The average Bonchev–Trinajstić information content (AvgIpc) is 2.81. The maximum absolute atomic E-state index is 12.7. The van der Waals surface area contributed by atoms with Crippen molar-refractivity contribution >= 4 is 62.1 Å². The number of halogens is 2. The van der Waals surface area contributed by atoms with Crippen LogP contribution in [0.1, 0.15) is 20.7 Å². The van der Waals surface area contributed by atoms with Gasteiger partial charge in [-0.25, -0.2) is 12.7 Å². The largest absolute Gasteiger partial charge is 0.359 e. The van der Waals surface area contributed by atoms with E-state index in [1.54, 1.807) is 42.5 Å². The Morgan fingerprint density at radius 2 is 1.62 bits per heavy atom. The molecule has 0 aliphatic carbocycles. The summed E-state index contributed by atoms with van der Waals surface area (Å²) in [4.78, 5) is 25.2. The first-order valence-corrected chi connectivity index (χ1v) is 12.5. The maximum Gasteiger partial charge on any atom is 0.255 e. The Labute approximate surface area is 206 Å². The van der Waals surface area contributed by atoms with Crippen LogP contribution in [0.5, 0.6) is 0 Å². The first-order valence-electron chi connectivity index (χ1n) is 10.1. The molecule has 1 heterocycles. The quantitative estimate of drug-likeness (QED) is 0.511. The van der Waals surface area contributed by atoms with Crippen LogP contribution in [0.25, 0.3) is 0 Å². The molecular formula is C23H19Cl2N3O5S. The summed E-state index contributed by atoms with van der Waals surface area (Å²) >= 11 is 12.1. The summed E-state index contributed by atoms with van der Waals surface area (Å²) in [6.07, 6.45) is 0. The highest BCUT2D eigenvalue weighted by Crippen LogP contribution is 2.27. The van der Waals surface area contributed by atoms with Crippen LogP contribution >= 0.6 is 23.2 Å². The predicted molar refractivity (Wildman–Crippen MR) is 132 cm³/mol. The van der Waals surface area contributed by atoms with E-state index in [1.165, 1.54) is 24.3 Å². The number of ether oxygens (including phenoxy) is 1. The Hall–Kier alpha value is -3.11. The van der Waals surface area contributed by atoms with Gasteiger partial charge in [-0.2, -0.15) is 0 Å². The van der Waals surface area contributed by atoms with Crippen molar-refractivity contribution in [1.29, 1.82) is 0 Å². The molecule has 3 aromatic carbocycles. The summed E-state index contributed by atoms with van der Waals surface area (Å²) in [6, 6.07) is 17.3. The van der Waals surface area contributed by atoms with Crippen molar-refractivity contribution in [2.75, 3.05) is 34.0 Å². The van der Waals surface area contributed by atoms with Gasteiger partial charge in [0.2, 0.25) is 10.0 Å². The van der Waals surface area contributed by atoms with E-state index in [2.05, 4.69) is 10.6 Å². The van der Waals surface area contributed by atoms with Crippen LogP contribution in [0.3, 0.4) is 0 Å². The van der Waals surface area contributed by atoms with Gasteiger partial charge in [0, 0.05) is 21.8 Å². The summed E-state index contributed by atoms with van der Waals surface area (Å²) in [5.41, 5.74) is 1.81. The number of amides is 2. The molecular weight excluding hydrogens is 501 g/mol. The van der Waals surface area contributed by atoms with Crippen molar-refractivity contribution in [2.24, 2.45) is 0 Å². The van der Waals surface area contributed by atoms with Gasteiger partial charge in [0.1, 0.15) is 6.73 Å². The summed E-state index contributed by atoms with van der Waals surface area (Å²) in [6.45, 7) is 0.0876. The molecule has 1 saturated heterocycles. The summed E-state index contributed by atoms with van der Waals surface area (Å²) in [7, 11) is -3.45. The van der Waals surface area contributed by atoms with Crippen molar-refractivity contribution in [3.8, 4) is 0 Å². The number of nitrogens with zero attached hydrogens (tertiary/aromatic N) is 1. The molecule has 176 valence electrons. The third-order valence-electron chi connectivity index (χ3n) is 5.01. The first kappa shape index (κ1) is 24.0. The second-order valence-corrected chi connectivity index (χ2v) is 10.2. The average molecular weight is 520 g/mol. The molecule has 34 heavy (non-hydrogen) atoms. The molecule has 0 aromatic heterocycles. The lowest BCUT2D eigenvalue weighted by molar-refractivity contribution is 0.101. The smallest absolute Gasteiger partial charge is 0.255 e. The molecule has 0 spiro atoms. The van der Waals surface area contributed by atoms with Gasteiger partial charge in [0.05, 0.1) is 28.8 Å². The zero-order valence-electron chi connectivity index (χ0n) is 17.6. The molecule has 11 heteroatoms. The number of carbonyl (C=O) groups is 2. The SMILES string of the molecule is O=C(Nc1ccc(Cl)c(NC(=O)c2cccc(Cl)c2)c1)c1ccc(N2COCCS2(=O)=O)cc1. The minimum absolute atomic E-state index is 0.0671. The molecule has 1 fully saturated rings. The number of rotatable bonds is 5. The Balaban J connectivity index is 1.46. The molecule has 1 aliphatic rings. The summed E-state index contributed by atoms with van der Waals surface area (Å²) in [5.74, 6) is -0.916. The number of sulfonamides is 1. The molecule has 0 atom stereocenters. The van der Waals surface area contributed by atoms with Gasteiger partial charge < -0.3 is 15.4 Å². The first-order chi connectivity index (χ1) is 16.2. The second-order valence-electron chi connectivity index (χ2n) is 7.36. The van der Waals surface area contributed by atoms with E-state index < -0.39 is 21.8 Å². The fraction of sp³-hybridized carbons (Fsp3) is 0.130. The van der Waals surface area contributed by atoms with Crippen LogP contribution in [-0.2, 0) is 14.8 Å². The summed E-state index contributed by atoms with van der Waals surface area (Å²) in [5, 5.41) is 6.16. The molecule has 0 unspecified atom stereocenters. The lowest BCUT2D eigenvalue weighted by Gasteiger charge is -2.28. The third-order valence-corrected chi connectivity index (χ3v) is 7.24. The van der Waals surface area contributed by atoms with E-state index in [1.807, 2.05) is 0 Å². The van der Waals surface area contributed by atoms with Crippen molar-refractivity contribution in [1.82, 2.24) is 0 Å². The monoisotopic (exact) mass is 519 g/mol. The lowest BCUT2D eigenvalue weighted by Crippen LogP contribution is -2.41. The van der Waals surface area contributed by atoms with Gasteiger partial charge >= 0.3 is 0 Å². The van der Waals surface area contributed by atoms with Gasteiger partial charge in [0.15, 0.2) is 0 Å². The number of carbonyl (C=O) groups excluding carboxylic acids is 2. The Morgan fingerprint density at radius 3 is 2.32 bits per heavy atom. The van der Waals surface area contributed by atoms with E-state index in [9.17, 15) is 18.0 Å². The van der Waals surface area contributed by atoms with Crippen LogP contribution < -0.4 is 14.9 Å². The fourth-order valence-corrected chi connectivity index (χ4v) is 4.82. The molecule has 0 saturated carbocycles. The number of hydrogen-bond acceptors (Lipinski definition) is 5. The second kappa shape index (κ2) is 10.0. The maximum atomic E-state index is 12.7. The highest BCUT2D eigenvalue weighted by atomic mass is 35.5. The molecule has 8 nitrogen and oxygen atoms in total. The molecule has 2 amide bonds. The minimum Gasteiger partial charge on any atom is -0.359 e. The van der Waals surface area contributed by atoms with Crippen LogP contribution in [0, 0.1) is 0 Å². The Bertz CT molecular complexity index is 1350. The number of benzene rings is 3. The highest BCUT2D eigenvalue weighted by Gasteiger charge is 2.26. The third kappa shape index (κ3) is 5.51. The van der Waals surface area contributed by atoms with Crippen molar-refractivity contribution in [3.63, 3.8) is 0 Å². The molecule has 3 aromatic rings. The van der Waals surface area contributed by atoms with Crippen molar-refractivity contribution in [2.45, 2.75) is 0 Å². The van der Waals surface area contributed by atoms with Gasteiger partial charge in [0.25, 0.3) is 11.8 Å². The zero-order chi connectivity index (χ0) is 24.3. The zero-order valence-corrected chi connectivity index (χ0v) is 20.0. The molecule has 0 bridgehead atoms. The van der Waals surface area contributed by atoms with Crippen LogP contribution in [0.2, 0.25) is 10.0 Å². The molecule has 2 N–H and O–H groups in total. The van der Waals surface area contributed by atoms with Gasteiger partial charge in [-0.3, -0.25) is 9.59 Å². The highest BCUT2D eigenvalue weighted by molar-refractivity contribution is 7.92. The van der Waals surface area contributed by atoms with Gasteiger partial charge in [-0.15, -0.1) is 0 Å². The Morgan fingerprint density at radius 1 is 0.882 bits per heavy atom. The molecule has 4 rings (SSSR count). The number of hydrogen-bond donors (Lipinski definition) is 2. The van der Waals surface area contributed by atoms with Crippen LogP contribution in [-0.4, -0.2) is 39.3 Å². The summed E-state index contributed by atoms with van der Waals surface area (Å²) < 4.78 is 30.8. The van der Waals surface area contributed by atoms with Gasteiger partial charge in [-0.05, 0) is 60.7 Å². The van der Waals surface area contributed by atoms with Gasteiger partial charge in [-0.1, -0.05) is 29.3 Å². The normalized spacial score (nSPS) is 14.9. The lowest BCUT2D eigenvalue weighted by atomic mass is 10.1. The van der Waals surface area contributed by atoms with Crippen LogP contribution in [0.15, 0.2) is 66.7 Å². The molecule has 1 aliphatic heterocycles. The van der Waals surface area contributed by atoms with Crippen molar-refractivity contribution < 1.29 is 22.7 Å². The van der Waals surface area contributed by atoms with E-state index in [-0.39, 0.29) is 19.1 Å². The standard InChI is InChI=1S/C23H19Cl2N3O5S/c24-17-3-1-2-16(12-17)23(30)27-21-13-18(6-9-20(21)25)26-22(29)15-4-7-19(8-5-15)28-14-33-10-11-34(28,31)32/h1-9,12-13H,10-11,14H2,(H,26,29)(H,27,30). The van der Waals surface area contributed by atoms with E-state index in [0.717, 1.165) is 4.31 Å². The Kier molecular flexibility index (Phi) is 7.08. The number of anilines is 3. The van der Waals surface area contributed by atoms with Crippen molar-refractivity contribution in [3.05, 3.63) is 87.9 Å². The van der Waals surface area contributed by atoms with Crippen LogP contribution in [0.4, 0.5) is 17.1 Å². The fourth-order valence-electron chi connectivity index (χ4n) is 3.24. The predicted octanol–water partition coefficient (Wildman–Crippen LogP) is 4.62. The molecule has 0 radical (unpaired) electrons. The van der Waals surface area contributed by atoms with E-state index >= 15 is 0 Å². The van der Waals surface area contributed by atoms with E-state index in [4.69, 9.17) is 27.9 Å². The van der Waals surface area contributed by atoms with E-state index in [0.29, 0.717) is 38.2 Å².